The Kier molecular flexibility index (Phi) is 1.16. The number of piperidine rings is 1. The van der Waals surface area contributed by atoms with E-state index in [-0.39, 0.29) is 0 Å². The molecule has 1 heterocycles. The summed E-state index contributed by atoms with van der Waals surface area (Å²) in [5.74, 6) is 2.02. The summed E-state index contributed by atoms with van der Waals surface area (Å²) < 4.78 is 2.45. The lowest BCUT2D eigenvalue weighted by Gasteiger charge is -2.18. The summed E-state index contributed by atoms with van der Waals surface area (Å²) in [4.78, 5) is 0. The Balaban J connectivity index is 2.07. The third-order valence-electron chi connectivity index (χ3n) is 2.98. The number of hydrogen-bond acceptors (Lipinski definition) is 1. The van der Waals surface area contributed by atoms with Gasteiger partial charge >= 0.3 is 0 Å². The van der Waals surface area contributed by atoms with Crippen LogP contribution in [0.3, 0.4) is 0 Å². The Labute approximate surface area is 59.1 Å². The van der Waals surface area contributed by atoms with Gasteiger partial charge in [0.1, 0.15) is 0 Å². The van der Waals surface area contributed by atoms with Crippen molar-refractivity contribution in [3.63, 3.8) is 0 Å². The van der Waals surface area contributed by atoms with Crippen molar-refractivity contribution in [3.8, 4) is 0 Å². The van der Waals surface area contributed by atoms with Crippen LogP contribution in [0.4, 0.5) is 0 Å². The summed E-state index contributed by atoms with van der Waals surface area (Å²) >= 11 is 0. The monoisotopic (exact) mass is 143 g/mol. The first-order valence-electron chi connectivity index (χ1n) is 3.75. The fourth-order valence-electron chi connectivity index (χ4n) is 2.18. The van der Waals surface area contributed by atoms with Gasteiger partial charge in [-0.05, 0) is 25.2 Å². The third kappa shape index (κ3) is 0.683. The van der Waals surface area contributed by atoms with Crippen LogP contribution in [0.2, 0.25) is 0 Å². The van der Waals surface area contributed by atoms with Crippen LogP contribution in [0.5, 0.6) is 0 Å². The Morgan fingerprint density at radius 3 is 2.44 bits per heavy atom. The van der Waals surface area contributed by atoms with Gasteiger partial charge in [0, 0.05) is 12.1 Å². The molecule has 1 aliphatic heterocycles. The van der Waals surface area contributed by atoms with E-state index in [4.69, 9.17) is 0 Å². The molecule has 5 atom stereocenters. The molecule has 2 fully saturated rings. The van der Waals surface area contributed by atoms with Crippen LogP contribution in [-0.4, -0.2) is 16.8 Å². The van der Waals surface area contributed by atoms with Gasteiger partial charge in [-0.15, -0.1) is 0 Å². The largest absolute Gasteiger partial charge is 0.281 e. The second-order valence-electron chi connectivity index (χ2n) is 3.55. The van der Waals surface area contributed by atoms with Crippen LogP contribution in [-0.2, 0) is 0 Å². The normalized spacial score (nSPS) is 57.7. The van der Waals surface area contributed by atoms with Crippen molar-refractivity contribution in [1.29, 1.82) is 0 Å². The van der Waals surface area contributed by atoms with Crippen molar-refractivity contribution < 1.29 is 0 Å². The Hall–Kier alpha value is 0.390. The molecular formula is C7H14NP. The summed E-state index contributed by atoms with van der Waals surface area (Å²) in [5, 5.41) is 0. The highest BCUT2D eigenvalue weighted by Gasteiger charge is 2.55. The third-order valence-corrected chi connectivity index (χ3v) is 3.83. The molecule has 2 rings (SSSR count). The van der Waals surface area contributed by atoms with Crippen molar-refractivity contribution in [2.45, 2.75) is 32.4 Å². The second-order valence-corrected chi connectivity index (χ2v) is 4.14. The van der Waals surface area contributed by atoms with Crippen molar-refractivity contribution in [2.24, 2.45) is 11.8 Å². The minimum atomic E-state index is 0.821. The molecule has 0 amide bonds. The number of rotatable bonds is 0. The predicted molar refractivity (Wildman–Crippen MR) is 42.1 cm³/mol. The SMILES string of the molecule is CC1C2C[C@@H](C)N(P)C12. The summed E-state index contributed by atoms with van der Waals surface area (Å²) in [6.45, 7) is 4.67. The number of hydrogen-bond donors (Lipinski definition) is 0. The van der Waals surface area contributed by atoms with Gasteiger partial charge in [0.25, 0.3) is 0 Å². The smallest absolute Gasteiger partial charge is 0.0193 e. The van der Waals surface area contributed by atoms with E-state index in [0.29, 0.717) is 0 Å². The van der Waals surface area contributed by atoms with Crippen LogP contribution in [0.15, 0.2) is 0 Å². The van der Waals surface area contributed by atoms with Gasteiger partial charge in [0.2, 0.25) is 0 Å². The zero-order valence-corrected chi connectivity index (χ0v) is 7.20. The fraction of sp³-hybridized carbons (Fsp3) is 1.00. The summed E-state index contributed by atoms with van der Waals surface area (Å²) in [7, 11) is 2.85. The average molecular weight is 143 g/mol. The Morgan fingerprint density at radius 1 is 1.44 bits per heavy atom. The van der Waals surface area contributed by atoms with Crippen molar-refractivity contribution in [2.75, 3.05) is 0 Å². The molecule has 52 valence electrons. The van der Waals surface area contributed by atoms with Gasteiger partial charge in [-0.3, -0.25) is 4.67 Å². The van der Waals surface area contributed by atoms with Crippen molar-refractivity contribution in [3.05, 3.63) is 0 Å². The van der Waals surface area contributed by atoms with Gasteiger partial charge in [-0.1, -0.05) is 16.3 Å². The topological polar surface area (TPSA) is 3.24 Å². The molecule has 0 bridgehead atoms. The van der Waals surface area contributed by atoms with Crippen LogP contribution in [0.1, 0.15) is 20.3 Å². The molecule has 2 heteroatoms. The van der Waals surface area contributed by atoms with E-state index in [1.807, 2.05) is 0 Å². The van der Waals surface area contributed by atoms with E-state index < -0.39 is 0 Å². The molecule has 4 unspecified atom stereocenters. The summed E-state index contributed by atoms with van der Waals surface area (Å²) in [5.41, 5.74) is 0. The molecule has 0 aromatic rings. The van der Waals surface area contributed by atoms with Crippen LogP contribution in [0.25, 0.3) is 0 Å². The quantitative estimate of drug-likeness (QED) is 0.464. The van der Waals surface area contributed by atoms with Crippen LogP contribution < -0.4 is 0 Å². The molecule has 1 saturated heterocycles. The zero-order chi connectivity index (χ0) is 6.59. The van der Waals surface area contributed by atoms with Gasteiger partial charge in [-0.25, -0.2) is 0 Å². The van der Waals surface area contributed by atoms with E-state index in [0.717, 1.165) is 23.9 Å². The lowest BCUT2D eigenvalue weighted by atomic mass is 10.2. The maximum absolute atomic E-state index is 2.85. The van der Waals surface area contributed by atoms with Gasteiger partial charge in [0.15, 0.2) is 0 Å². The summed E-state index contributed by atoms with van der Waals surface area (Å²) in [6, 6.07) is 1.74. The highest BCUT2D eigenvalue weighted by molar-refractivity contribution is 7.13. The zero-order valence-electron chi connectivity index (χ0n) is 6.04. The molecule has 0 aromatic carbocycles. The molecule has 9 heavy (non-hydrogen) atoms. The Morgan fingerprint density at radius 2 is 2.11 bits per heavy atom. The van der Waals surface area contributed by atoms with Crippen molar-refractivity contribution >= 4 is 9.39 Å². The summed E-state index contributed by atoms with van der Waals surface area (Å²) in [6.07, 6.45) is 1.43. The minimum absolute atomic E-state index is 0.821. The Bertz CT molecular complexity index is 137. The van der Waals surface area contributed by atoms with Crippen LogP contribution in [0, 0.1) is 11.8 Å². The van der Waals surface area contributed by atoms with E-state index >= 15 is 0 Å². The first kappa shape index (κ1) is 6.12. The van der Waals surface area contributed by atoms with Crippen LogP contribution >= 0.6 is 9.39 Å². The minimum Gasteiger partial charge on any atom is -0.281 e. The molecule has 1 nitrogen and oxygen atoms in total. The molecule has 1 aliphatic carbocycles. The van der Waals surface area contributed by atoms with E-state index in [1.54, 1.807) is 0 Å². The predicted octanol–water partition coefficient (Wildman–Crippen LogP) is 1.51. The van der Waals surface area contributed by atoms with E-state index in [2.05, 4.69) is 27.9 Å². The molecule has 0 spiro atoms. The van der Waals surface area contributed by atoms with E-state index in [9.17, 15) is 0 Å². The fourth-order valence-corrected chi connectivity index (χ4v) is 2.79. The molecule has 1 saturated carbocycles. The van der Waals surface area contributed by atoms with Crippen molar-refractivity contribution in [1.82, 2.24) is 4.67 Å². The standard InChI is InChI=1S/C7H14NP/c1-4-3-6-5(2)7(6)8(4)9/h4-7H,3,9H2,1-2H3/t4-,5?,6?,7?/m1/s1. The lowest BCUT2D eigenvalue weighted by Crippen LogP contribution is -2.21. The molecular weight excluding hydrogens is 129 g/mol. The van der Waals surface area contributed by atoms with Gasteiger partial charge in [-0.2, -0.15) is 0 Å². The molecule has 2 aliphatic rings. The maximum Gasteiger partial charge on any atom is 0.0193 e. The molecule has 0 radical (unpaired) electrons. The first-order valence-corrected chi connectivity index (χ1v) is 4.26. The van der Waals surface area contributed by atoms with Gasteiger partial charge < -0.3 is 0 Å². The first-order chi connectivity index (χ1) is 4.22. The average Bonchev–Trinajstić information content (AvgIpc) is 2.29. The second kappa shape index (κ2) is 1.71. The maximum atomic E-state index is 2.85. The molecule has 0 N–H and O–H groups in total. The lowest BCUT2D eigenvalue weighted by molar-refractivity contribution is 0.379. The highest BCUT2D eigenvalue weighted by atomic mass is 31.0. The van der Waals surface area contributed by atoms with Gasteiger partial charge in [0.05, 0.1) is 0 Å². The molecule has 0 aromatic heterocycles. The van der Waals surface area contributed by atoms with E-state index in [1.165, 1.54) is 6.42 Å². The number of fused-ring (bicyclic) bond motifs is 1. The highest BCUT2D eigenvalue weighted by Crippen LogP contribution is 2.54. The number of nitrogens with zero attached hydrogens (tertiary/aromatic N) is 1.